The number of hydrogen-bond acceptors (Lipinski definition) is 3. The zero-order valence-corrected chi connectivity index (χ0v) is 11.5. The Kier molecular flexibility index (Phi) is 5.62. The van der Waals surface area contributed by atoms with Gasteiger partial charge >= 0.3 is 0 Å². The molecule has 0 aromatic rings. The fourth-order valence-corrected chi connectivity index (χ4v) is 1.55. The number of carbonyl (C=O) groups is 1. The molecule has 0 aromatic carbocycles. The van der Waals surface area contributed by atoms with Crippen molar-refractivity contribution in [2.45, 2.75) is 38.5 Å². The highest BCUT2D eigenvalue weighted by molar-refractivity contribution is 7.93. The van der Waals surface area contributed by atoms with E-state index in [9.17, 15) is 4.79 Å². The number of hydroxylamine groups is 2. The normalized spacial score (nSPS) is 15.9. The van der Waals surface area contributed by atoms with Crippen molar-refractivity contribution in [1.29, 1.82) is 0 Å². The summed E-state index contributed by atoms with van der Waals surface area (Å²) in [5.41, 5.74) is 0. The molecular weight excluding hydrogens is 214 g/mol. The molecule has 2 atom stereocenters. The molecule has 0 aliphatic heterocycles. The Bertz CT molecular complexity index is 215. The molecule has 0 fully saturated rings. The van der Waals surface area contributed by atoms with Crippen LogP contribution in [0.15, 0.2) is 0 Å². The third-order valence-electron chi connectivity index (χ3n) is 2.08. The highest BCUT2D eigenvalue weighted by Crippen LogP contribution is 2.19. The first-order valence-corrected chi connectivity index (χ1v) is 6.40. The molecule has 0 saturated heterocycles. The van der Waals surface area contributed by atoms with E-state index in [-0.39, 0.29) is 21.8 Å². The van der Waals surface area contributed by atoms with Gasteiger partial charge in [-0.2, -0.15) is 4.18 Å². The van der Waals surface area contributed by atoms with Gasteiger partial charge in [-0.25, -0.2) is 5.06 Å². The Labute approximate surface area is 95.4 Å². The van der Waals surface area contributed by atoms with Gasteiger partial charge in [0, 0.05) is 7.05 Å². The molecule has 0 heterocycles. The predicted molar refractivity (Wildman–Crippen MR) is 63.4 cm³/mol. The molecule has 0 N–H and O–H groups in total. The van der Waals surface area contributed by atoms with Crippen molar-refractivity contribution in [3.8, 4) is 0 Å². The van der Waals surface area contributed by atoms with E-state index in [0.29, 0.717) is 0 Å². The van der Waals surface area contributed by atoms with E-state index >= 15 is 0 Å². The fourth-order valence-electron chi connectivity index (χ4n) is 0.748. The van der Waals surface area contributed by atoms with Gasteiger partial charge in [-0.15, -0.1) is 0 Å². The van der Waals surface area contributed by atoms with Crippen LogP contribution in [0.4, 0.5) is 0 Å². The molecule has 0 radical (unpaired) electrons. The van der Waals surface area contributed by atoms with Crippen molar-refractivity contribution in [2.75, 3.05) is 20.4 Å². The summed E-state index contributed by atoms with van der Waals surface area (Å²) in [4.78, 5) is 16.4. The third kappa shape index (κ3) is 4.86. The molecule has 1 amide bonds. The van der Waals surface area contributed by atoms with Crippen molar-refractivity contribution in [1.82, 2.24) is 5.06 Å². The number of amides is 1. The molecule has 5 heteroatoms. The average molecular weight is 236 g/mol. The van der Waals surface area contributed by atoms with Crippen LogP contribution in [0.2, 0.25) is 0 Å². The molecule has 0 aromatic heterocycles. The Balaban J connectivity index is 4.25. The zero-order valence-electron chi connectivity index (χ0n) is 10.7. The number of carbonyl (C=O) groups excluding carboxylic acids is 1. The van der Waals surface area contributed by atoms with Crippen LogP contribution in [-0.4, -0.2) is 42.2 Å². The standard InChI is InChI=1S/C10H22NO3S/c1-8(9(12)11(5)13-6)14-15(7)10(2,3)4/h8H,1-7H3/q+1/t8-,15?/m0/s1. The van der Waals surface area contributed by atoms with Crippen LogP contribution >= 0.6 is 0 Å². The predicted octanol–water partition coefficient (Wildman–Crippen LogP) is 1.37. The van der Waals surface area contributed by atoms with E-state index in [4.69, 9.17) is 9.02 Å². The molecule has 0 spiro atoms. The minimum Gasteiger partial charge on any atom is -0.274 e. The summed E-state index contributed by atoms with van der Waals surface area (Å²) < 4.78 is 5.71. The maximum Gasteiger partial charge on any atom is 0.280 e. The Morgan fingerprint density at radius 1 is 1.40 bits per heavy atom. The molecule has 1 unspecified atom stereocenters. The molecule has 90 valence electrons. The molecular formula is C10H22NO3S+. The quantitative estimate of drug-likeness (QED) is 0.546. The number of likely N-dealkylation sites (N-methyl/N-ethyl adjacent to an activating group) is 1. The first-order chi connectivity index (χ1) is 6.70. The van der Waals surface area contributed by atoms with Crippen LogP contribution in [0.5, 0.6) is 0 Å². The van der Waals surface area contributed by atoms with Crippen molar-refractivity contribution >= 4 is 17.1 Å². The monoisotopic (exact) mass is 236 g/mol. The third-order valence-corrected chi connectivity index (χ3v) is 4.39. The van der Waals surface area contributed by atoms with Gasteiger partial charge in [-0.1, -0.05) is 0 Å². The molecule has 4 nitrogen and oxygen atoms in total. The van der Waals surface area contributed by atoms with Crippen molar-refractivity contribution in [2.24, 2.45) is 0 Å². The lowest BCUT2D eigenvalue weighted by molar-refractivity contribution is -0.175. The van der Waals surface area contributed by atoms with E-state index in [1.165, 1.54) is 12.2 Å². The summed E-state index contributed by atoms with van der Waals surface area (Å²) in [6, 6.07) is 0. The summed E-state index contributed by atoms with van der Waals surface area (Å²) in [6.45, 7) is 8.02. The first-order valence-electron chi connectivity index (χ1n) is 4.85. The van der Waals surface area contributed by atoms with Gasteiger partial charge in [0.15, 0.2) is 10.9 Å². The molecule has 15 heavy (non-hydrogen) atoms. The van der Waals surface area contributed by atoms with Gasteiger partial charge in [0.25, 0.3) is 5.91 Å². The largest absolute Gasteiger partial charge is 0.280 e. The van der Waals surface area contributed by atoms with E-state index in [2.05, 4.69) is 20.8 Å². The van der Waals surface area contributed by atoms with Gasteiger partial charge in [-0.05, 0) is 27.7 Å². The smallest absolute Gasteiger partial charge is 0.274 e. The average Bonchev–Trinajstić information content (AvgIpc) is 2.13. The SMILES string of the molecule is CON(C)C(=O)[C@H](C)O[S+](C)C(C)(C)C. The molecule has 0 bridgehead atoms. The van der Waals surface area contributed by atoms with E-state index < -0.39 is 6.10 Å². The molecule has 0 aliphatic carbocycles. The van der Waals surface area contributed by atoms with Crippen LogP contribution in [0.1, 0.15) is 27.7 Å². The molecule has 0 rings (SSSR count). The topological polar surface area (TPSA) is 38.8 Å². The summed E-state index contributed by atoms with van der Waals surface area (Å²) in [5.74, 6) is -0.166. The first kappa shape index (κ1) is 14.7. The van der Waals surface area contributed by atoms with Gasteiger partial charge in [0.2, 0.25) is 0 Å². The fraction of sp³-hybridized carbons (Fsp3) is 0.900. The number of nitrogens with zero attached hydrogens (tertiary/aromatic N) is 1. The molecule has 0 aliphatic rings. The Morgan fingerprint density at radius 2 is 1.87 bits per heavy atom. The molecule has 0 saturated carbocycles. The van der Waals surface area contributed by atoms with E-state index in [0.717, 1.165) is 0 Å². The van der Waals surface area contributed by atoms with Gasteiger partial charge in [-0.3, -0.25) is 9.63 Å². The van der Waals surface area contributed by atoms with Gasteiger partial charge in [0.1, 0.15) is 17.4 Å². The van der Waals surface area contributed by atoms with Crippen LogP contribution in [0.25, 0.3) is 0 Å². The minimum absolute atomic E-state index is 0.0557. The maximum absolute atomic E-state index is 11.6. The Hall–Kier alpha value is -0.260. The second kappa shape index (κ2) is 5.72. The summed E-state index contributed by atoms with van der Waals surface area (Å²) in [5, 5.41) is 1.19. The van der Waals surface area contributed by atoms with Crippen LogP contribution in [-0.2, 0) is 25.0 Å². The van der Waals surface area contributed by atoms with Gasteiger partial charge < -0.3 is 0 Å². The van der Waals surface area contributed by atoms with Crippen molar-refractivity contribution in [3.05, 3.63) is 0 Å². The summed E-state index contributed by atoms with van der Waals surface area (Å²) in [6.07, 6.45) is 1.53. The minimum atomic E-state index is -0.470. The second-order valence-electron chi connectivity index (χ2n) is 4.32. The maximum atomic E-state index is 11.6. The number of hydrogen-bond donors (Lipinski definition) is 0. The summed E-state index contributed by atoms with van der Waals surface area (Å²) in [7, 11) is 3.03. The van der Waals surface area contributed by atoms with Gasteiger partial charge in [0.05, 0.1) is 7.11 Å². The zero-order chi connectivity index (χ0) is 12.2. The lowest BCUT2D eigenvalue weighted by Crippen LogP contribution is -2.40. The highest BCUT2D eigenvalue weighted by Gasteiger charge is 2.36. The van der Waals surface area contributed by atoms with Crippen LogP contribution in [0, 0.1) is 0 Å². The lowest BCUT2D eigenvalue weighted by Gasteiger charge is -2.21. The van der Waals surface area contributed by atoms with Crippen LogP contribution in [0.3, 0.4) is 0 Å². The van der Waals surface area contributed by atoms with E-state index in [1.807, 2.05) is 6.26 Å². The van der Waals surface area contributed by atoms with Crippen LogP contribution < -0.4 is 0 Å². The number of rotatable bonds is 4. The van der Waals surface area contributed by atoms with Crippen molar-refractivity contribution < 1.29 is 13.8 Å². The lowest BCUT2D eigenvalue weighted by atomic mass is 10.3. The van der Waals surface area contributed by atoms with Crippen molar-refractivity contribution in [3.63, 3.8) is 0 Å². The summed E-state index contributed by atoms with van der Waals surface area (Å²) >= 11 is -0.260. The van der Waals surface area contributed by atoms with E-state index in [1.54, 1.807) is 14.0 Å². The second-order valence-corrected chi connectivity index (χ2v) is 6.65. The highest BCUT2D eigenvalue weighted by atomic mass is 32.2. The Morgan fingerprint density at radius 3 is 2.20 bits per heavy atom.